The monoisotopic (exact) mass is 460 g/mol. The molecule has 34 heavy (non-hydrogen) atoms. The highest BCUT2D eigenvalue weighted by atomic mass is 16.5. The average Bonchev–Trinajstić information content (AvgIpc) is 3.67. The molecule has 1 aliphatic carbocycles. The molecule has 2 fully saturated rings. The first-order valence-corrected chi connectivity index (χ1v) is 12.4. The molecule has 1 saturated heterocycles. The van der Waals surface area contributed by atoms with Gasteiger partial charge < -0.3 is 15.0 Å². The van der Waals surface area contributed by atoms with Crippen molar-refractivity contribution in [2.24, 2.45) is 0 Å². The Labute approximate surface area is 199 Å². The van der Waals surface area contributed by atoms with Crippen LogP contribution in [0.15, 0.2) is 47.5 Å². The summed E-state index contributed by atoms with van der Waals surface area (Å²) in [5.41, 5.74) is 2.56. The molecular formula is C27H32N4O3. The van der Waals surface area contributed by atoms with Crippen molar-refractivity contribution in [2.75, 3.05) is 26.2 Å². The van der Waals surface area contributed by atoms with E-state index in [1.54, 1.807) is 18.2 Å². The largest absolute Gasteiger partial charge is 0.494 e. The van der Waals surface area contributed by atoms with Crippen molar-refractivity contribution in [1.29, 1.82) is 0 Å². The van der Waals surface area contributed by atoms with Crippen LogP contribution in [0.1, 0.15) is 54.4 Å². The predicted octanol–water partition coefficient (Wildman–Crippen LogP) is 3.84. The molecular weight excluding hydrogens is 428 g/mol. The van der Waals surface area contributed by atoms with E-state index >= 15 is 0 Å². The van der Waals surface area contributed by atoms with Gasteiger partial charge in [-0.25, -0.2) is 4.98 Å². The van der Waals surface area contributed by atoms with E-state index in [0.29, 0.717) is 34.5 Å². The summed E-state index contributed by atoms with van der Waals surface area (Å²) in [5, 5.41) is 3.51. The van der Waals surface area contributed by atoms with Gasteiger partial charge in [-0.3, -0.25) is 14.2 Å². The maximum Gasteiger partial charge on any atom is 0.265 e. The van der Waals surface area contributed by atoms with Gasteiger partial charge in [0.2, 0.25) is 0 Å². The number of nitrogens with one attached hydrogen (secondary N) is 1. The van der Waals surface area contributed by atoms with Crippen molar-refractivity contribution >= 4 is 16.8 Å². The van der Waals surface area contributed by atoms with Crippen molar-refractivity contribution in [1.82, 2.24) is 19.8 Å². The lowest BCUT2D eigenvalue weighted by Crippen LogP contribution is -2.31. The lowest BCUT2D eigenvalue weighted by molar-refractivity contribution is 0.0951. The van der Waals surface area contributed by atoms with E-state index in [-0.39, 0.29) is 17.5 Å². The van der Waals surface area contributed by atoms with Gasteiger partial charge in [0.25, 0.3) is 11.5 Å². The fourth-order valence-electron chi connectivity index (χ4n) is 4.53. The van der Waals surface area contributed by atoms with Crippen molar-refractivity contribution < 1.29 is 9.53 Å². The number of likely N-dealkylation sites (tertiary alicyclic amines) is 1. The van der Waals surface area contributed by atoms with Crippen LogP contribution >= 0.6 is 0 Å². The summed E-state index contributed by atoms with van der Waals surface area (Å²) in [4.78, 5) is 32.9. The van der Waals surface area contributed by atoms with Crippen LogP contribution in [0.4, 0.5) is 0 Å². The van der Waals surface area contributed by atoms with Gasteiger partial charge in [-0.2, -0.15) is 0 Å². The first kappa shape index (κ1) is 22.6. The van der Waals surface area contributed by atoms with Crippen LogP contribution in [0.3, 0.4) is 0 Å². The number of piperidine rings is 1. The Hall–Kier alpha value is -3.19. The van der Waals surface area contributed by atoms with Crippen LogP contribution in [-0.2, 0) is 0 Å². The standard InChI is InChI=1S/C27H32N4O3/c1-19-6-7-20(26(32)29-21-8-9-21)16-25(19)31-18-28-24-11-10-22(17-23(24)27(31)33)34-15-5-14-30-12-3-2-4-13-30/h6-7,10-11,16-18,21H,2-5,8-9,12-15H2,1H3,(H,29,32). The van der Waals surface area contributed by atoms with Crippen LogP contribution in [-0.4, -0.2) is 52.6 Å². The number of aromatic nitrogens is 2. The van der Waals surface area contributed by atoms with Crippen molar-refractivity contribution in [2.45, 2.75) is 51.5 Å². The van der Waals surface area contributed by atoms with Crippen LogP contribution in [0, 0.1) is 6.92 Å². The molecule has 2 aliphatic rings. The number of benzene rings is 2. The highest BCUT2D eigenvalue weighted by Crippen LogP contribution is 2.22. The Morgan fingerprint density at radius 1 is 1.12 bits per heavy atom. The Balaban J connectivity index is 1.34. The second-order valence-electron chi connectivity index (χ2n) is 9.45. The smallest absolute Gasteiger partial charge is 0.265 e. The van der Waals surface area contributed by atoms with E-state index < -0.39 is 0 Å². The SMILES string of the molecule is Cc1ccc(C(=O)NC2CC2)cc1-n1cnc2ccc(OCCCN3CCCCC3)cc2c1=O. The Morgan fingerprint density at radius 3 is 2.74 bits per heavy atom. The highest BCUT2D eigenvalue weighted by Gasteiger charge is 2.24. The van der Waals surface area contributed by atoms with Crippen molar-refractivity contribution in [3.63, 3.8) is 0 Å². The van der Waals surface area contributed by atoms with Gasteiger partial charge in [-0.05, 0) is 88.0 Å². The van der Waals surface area contributed by atoms with Gasteiger partial charge >= 0.3 is 0 Å². The molecule has 1 saturated carbocycles. The summed E-state index contributed by atoms with van der Waals surface area (Å²) in [6.07, 6.45) is 8.48. The van der Waals surface area contributed by atoms with Crippen molar-refractivity contribution in [3.05, 3.63) is 64.2 Å². The maximum absolute atomic E-state index is 13.4. The van der Waals surface area contributed by atoms with Gasteiger partial charge in [0.15, 0.2) is 0 Å². The molecule has 0 unspecified atom stereocenters. The molecule has 5 rings (SSSR count). The van der Waals surface area contributed by atoms with Crippen LogP contribution in [0.25, 0.3) is 16.6 Å². The lowest BCUT2D eigenvalue weighted by Gasteiger charge is -2.26. The summed E-state index contributed by atoms with van der Waals surface area (Å²) in [5.74, 6) is 0.572. The third-order valence-electron chi connectivity index (χ3n) is 6.71. The lowest BCUT2D eigenvalue weighted by atomic mass is 10.1. The Bertz CT molecular complexity index is 1240. The summed E-state index contributed by atoms with van der Waals surface area (Å²) in [7, 11) is 0. The number of hydrogen-bond acceptors (Lipinski definition) is 5. The van der Waals surface area contributed by atoms with Gasteiger partial charge in [0.1, 0.15) is 12.1 Å². The van der Waals surface area contributed by atoms with Crippen LogP contribution < -0.4 is 15.6 Å². The van der Waals surface area contributed by atoms with E-state index in [2.05, 4.69) is 15.2 Å². The van der Waals surface area contributed by atoms with Gasteiger partial charge in [0, 0.05) is 18.2 Å². The molecule has 7 heteroatoms. The number of ether oxygens (including phenoxy) is 1. The molecule has 1 aliphatic heterocycles. The number of carbonyl (C=O) groups excluding carboxylic acids is 1. The fraction of sp³-hybridized carbons (Fsp3) is 0.444. The summed E-state index contributed by atoms with van der Waals surface area (Å²) >= 11 is 0. The second kappa shape index (κ2) is 9.97. The minimum absolute atomic E-state index is 0.106. The quantitative estimate of drug-likeness (QED) is 0.517. The fourth-order valence-corrected chi connectivity index (χ4v) is 4.53. The molecule has 2 aromatic carbocycles. The zero-order chi connectivity index (χ0) is 23.5. The number of carbonyl (C=O) groups is 1. The van der Waals surface area contributed by atoms with E-state index in [1.807, 2.05) is 25.1 Å². The normalized spacial score (nSPS) is 16.5. The predicted molar refractivity (Wildman–Crippen MR) is 133 cm³/mol. The minimum atomic E-state index is -0.174. The number of rotatable bonds is 8. The van der Waals surface area contributed by atoms with Crippen LogP contribution in [0.2, 0.25) is 0 Å². The number of hydrogen-bond donors (Lipinski definition) is 1. The maximum atomic E-state index is 13.4. The van der Waals surface area contributed by atoms with Gasteiger partial charge in [-0.1, -0.05) is 12.5 Å². The number of fused-ring (bicyclic) bond motifs is 1. The van der Waals surface area contributed by atoms with Gasteiger partial charge in [-0.15, -0.1) is 0 Å². The van der Waals surface area contributed by atoms with E-state index in [9.17, 15) is 9.59 Å². The summed E-state index contributed by atoms with van der Waals surface area (Å²) < 4.78 is 7.49. The average molecular weight is 461 g/mol. The van der Waals surface area contributed by atoms with E-state index in [1.165, 1.54) is 43.2 Å². The van der Waals surface area contributed by atoms with Crippen LogP contribution in [0.5, 0.6) is 5.75 Å². The van der Waals surface area contributed by atoms with Gasteiger partial charge in [0.05, 0.1) is 23.2 Å². The number of amides is 1. The molecule has 0 radical (unpaired) electrons. The molecule has 1 N–H and O–H groups in total. The second-order valence-corrected chi connectivity index (χ2v) is 9.45. The molecule has 1 aromatic heterocycles. The Kier molecular flexibility index (Phi) is 6.63. The number of nitrogens with zero attached hydrogens (tertiary/aromatic N) is 3. The molecule has 0 bridgehead atoms. The number of aryl methyl sites for hydroxylation is 1. The van der Waals surface area contributed by atoms with E-state index in [4.69, 9.17) is 4.74 Å². The first-order chi connectivity index (χ1) is 16.6. The molecule has 178 valence electrons. The molecule has 0 atom stereocenters. The summed E-state index contributed by atoms with van der Waals surface area (Å²) in [6, 6.07) is 11.2. The topological polar surface area (TPSA) is 76.5 Å². The molecule has 3 aromatic rings. The minimum Gasteiger partial charge on any atom is -0.494 e. The third kappa shape index (κ3) is 5.14. The highest BCUT2D eigenvalue weighted by molar-refractivity contribution is 5.95. The first-order valence-electron chi connectivity index (χ1n) is 12.4. The zero-order valence-corrected chi connectivity index (χ0v) is 19.8. The molecule has 0 spiro atoms. The Morgan fingerprint density at radius 2 is 1.94 bits per heavy atom. The molecule has 2 heterocycles. The summed E-state index contributed by atoms with van der Waals surface area (Å²) in [6.45, 7) is 5.96. The zero-order valence-electron chi connectivity index (χ0n) is 19.8. The molecule has 1 amide bonds. The van der Waals surface area contributed by atoms with E-state index in [0.717, 1.165) is 31.4 Å². The molecule has 7 nitrogen and oxygen atoms in total. The van der Waals surface area contributed by atoms with Crippen molar-refractivity contribution in [3.8, 4) is 11.4 Å². The third-order valence-corrected chi connectivity index (χ3v) is 6.71.